The number of H-pyrrole nitrogens is 1. The van der Waals surface area contributed by atoms with E-state index in [1.54, 1.807) is 23.5 Å². The van der Waals surface area contributed by atoms with Gasteiger partial charge in [-0.3, -0.25) is 15.0 Å². The summed E-state index contributed by atoms with van der Waals surface area (Å²) in [7, 11) is 0. The van der Waals surface area contributed by atoms with Crippen molar-refractivity contribution in [2.75, 3.05) is 4.90 Å². The second-order valence-corrected chi connectivity index (χ2v) is 5.55. The number of hydrazine groups is 1. The predicted octanol–water partition coefficient (Wildman–Crippen LogP) is 3.14. The summed E-state index contributed by atoms with van der Waals surface area (Å²) in [4.78, 5) is 18.8. The highest BCUT2D eigenvalue weighted by Gasteiger charge is 2.23. The van der Waals surface area contributed by atoms with E-state index in [1.165, 1.54) is 17.4 Å². The van der Waals surface area contributed by atoms with Crippen LogP contribution < -0.4 is 10.4 Å². The lowest BCUT2D eigenvalue weighted by atomic mass is 10.1. The van der Waals surface area contributed by atoms with Gasteiger partial charge in [0.15, 0.2) is 0 Å². The lowest BCUT2D eigenvalue weighted by Crippen LogP contribution is -2.45. The Morgan fingerprint density at radius 1 is 1.32 bits per heavy atom. The summed E-state index contributed by atoms with van der Waals surface area (Å²) < 4.78 is 0. The Morgan fingerprint density at radius 2 is 2.16 bits per heavy atom. The van der Waals surface area contributed by atoms with Crippen LogP contribution in [0.1, 0.15) is 31.0 Å². The van der Waals surface area contributed by atoms with E-state index in [0.717, 1.165) is 11.3 Å². The Morgan fingerprint density at radius 3 is 2.72 bits per heavy atom. The fourth-order valence-corrected chi connectivity index (χ4v) is 2.19. The molecule has 25 heavy (non-hydrogen) atoms. The molecule has 0 bridgehead atoms. The van der Waals surface area contributed by atoms with E-state index in [1.807, 2.05) is 12.1 Å². The molecular formula is C15H19ClN8O. The zero-order valence-corrected chi connectivity index (χ0v) is 14.6. The lowest BCUT2D eigenvalue weighted by Gasteiger charge is -2.27. The number of hydrogen-bond acceptors (Lipinski definition) is 6. The average molecular weight is 363 g/mol. The van der Waals surface area contributed by atoms with Crippen molar-refractivity contribution in [2.24, 2.45) is 10.3 Å². The maximum atomic E-state index is 12.8. The van der Waals surface area contributed by atoms with Gasteiger partial charge in [-0.1, -0.05) is 19.1 Å². The fraction of sp³-hybridized carbons (Fsp3) is 0.267. The number of aromatic nitrogens is 3. The number of carbonyl (C=O) groups excluding carboxylic acids is 1. The van der Waals surface area contributed by atoms with Crippen molar-refractivity contribution in [3.8, 4) is 0 Å². The van der Waals surface area contributed by atoms with Crippen LogP contribution in [0.5, 0.6) is 0 Å². The molecule has 0 saturated carbocycles. The first-order chi connectivity index (χ1) is 11.6. The summed E-state index contributed by atoms with van der Waals surface area (Å²) in [5.41, 5.74) is 5.08. The Kier molecular flexibility index (Phi) is 6.07. The predicted molar refractivity (Wildman–Crippen MR) is 94.7 cm³/mol. The third-order valence-electron chi connectivity index (χ3n) is 3.50. The quantitative estimate of drug-likeness (QED) is 0.872. The molecule has 10 heteroatoms. The van der Waals surface area contributed by atoms with Crippen molar-refractivity contribution < 1.29 is 4.79 Å². The third-order valence-corrected chi connectivity index (χ3v) is 3.50. The van der Waals surface area contributed by atoms with Crippen molar-refractivity contribution in [1.82, 2.24) is 25.7 Å². The van der Waals surface area contributed by atoms with Crippen LogP contribution in [0.2, 0.25) is 0 Å². The van der Waals surface area contributed by atoms with E-state index < -0.39 is 0 Å². The third kappa shape index (κ3) is 4.32. The van der Waals surface area contributed by atoms with Crippen LogP contribution in [0.4, 0.5) is 10.5 Å². The summed E-state index contributed by atoms with van der Waals surface area (Å²) in [6.45, 7) is 4.49. The molecule has 0 aliphatic carbocycles. The second-order valence-electron chi connectivity index (χ2n) is 5.55. The summed E-state index contributed by atoms with van der Waals surface area (Å²) in [5.74, 6) is 0.323. The number of carbonyl (C=O) groups is 1. The second kappa shape index (κ2) is 8.25. The lowest BCUT2D eigenvalue weighted by molar-refractivity contribution is 0.200. The number of halogens is 1. The van der Waals surface area contributed by atoms with Gasteiger partial charge in [0.1, 0.15) is 0 Å². The highest BCUT2D eigenvalue weighted by Crippen LogP contribution is 2.21. The van der Waals surface area contributed by atoms with Gasteiger partial charge in [-0.05, 0) is 18.1 Å². The molecule has 2 aromatic rings. The van der Waals surface area contributed by atoms with Crippen LogP contribution in [0.15, 0.2) is 53.5 Å². The maximum absolute atomic E-state index is 12.8. The minimum Gasteiger partial charge on any atom is -0.286 e. The molecule has 0 radical (unpaired) electrons. The van der Waals surface area contributed by atoms with Gasteiger partial charge in [0.25, 0.3) is 0 Å². The first kappa shape index (κ1) is 18.4. The number of nitrogens with one attached hydrogen (secondary N) is 2. The van der Waals surface area contributed by atoms with E-state index >= 15 is 0 Å². The number of nitrogens with zero attached hydrogens (tertiary/aromatic N) is 6. The van der Waals surface area contributed by atoms with Crippen LogP contribution in [0.3, 0.4) is 0 Å². The van der Waals surface area contributed by atoms with Crippen molar-refractivity contribution in [3.05, 3.63) is 54.4 Å². The molecule has 0 fully saturated rings. The molecule has 132 valence electrons. The molecule has 0 spiro atoms. The van der Waals surface area contributed by atoms with E-state index in [4.69, 9.17) is 0 Å². The molecule has 3 rings (SSSR count). The van der Waals surface area contributed by atoms with Gasteiger partial charge in [0.05, 0.1) is 37.0 Å². The Bertz CT molecular complexity index is 741. The minimum atomic E-state index is -0.301. The molecule has 3 heterocycles. The zero-order chi connectivity index (χ0) is 16.9. The summed E-state index contributed by atoms with van der Waals surface area (Å²) >= 11 is 0. The van der Waals surface area contributed by atoms with Gasteiger partial charge in [0.2, 0.25) is 0 Å². The average Bonchev–Trinajstić information content (AvgIpc) is 3.13. The monoisotopic (exact) mass is 362 g/mol. The molecule has 0 unspecified atom stereocenters. The standard InChI is InChI=1S/C15H18N8O.ClH/c1-11(2)14-4-3-13(9-16-14)22(10-12-7-18-19-8-12)15(24)23-6-5-17-20-21-23;/h3-9,11H,10H2,1-2H3,(H,17,21)(H,18,19);1H. The van der Waals surface area contributed by atoms with Crippen LogP contribution in [0, 0.1) is 0 Å². The van der Waals surface area contributed by atoms with Crippen LogP contribution in [-0.4, -0.2) is 26.2 Å². The topological polar surface area (TPSA) is 102 Å². The molecule has 9 nitrogen and oxygen atoms in total. The SMILES string of the molecule is CC(C)c1ccc(N(Cc2cn[nH]c2)C(=O)N2C=CN=NN2)cn1.Cl. The number of rotatable bonds is 4. The molecule has 0 atom stereocenters. The van der Waals surface area contributed by atoms with Crippen molar-refractivity contribution in [3.63, 3.8) is 0 Å². The van der Waals surface area contributed by atoms with Crippen LogP contribution >= 0.6 is 12.4 Å². The summed E-state index contributed by atoms with van der Waals surface area (Å²) in [6, 6.07) is 3.51. The number of pyridine rings is 1. The highest BCUT2D eigenvalue weighted by atomic mass is 35.5. The van der Waals surface area contributed by atoms with E-state index in [2.05, 4.69) is 44.9 Å². The van der Waals surface area contributed by atoms with Gasteiger partial charge < -0.3 is 0 Å². The molecule has 2 aromatic heterocycles. The molecular weight excluding hydrogens is 344 g/mol. The van der Waals surface area contributed by atoms with E-state index in [0.29, 0.717) is 18.2 Å². The Hall–Kier alpha value is -2.94. The smallest absolute Gasteiger partial charge is 0.286 e. The number of anilines is 1. The van der Waals surface area contributed by atoms with Crippen molar-refractivity contribution >= 4 is 24.1 Å². The molecule has 2 N–H and O–H groups in total. The molecule has 1 aliphatic rings. The number of urea groups is 1. The molecule has 0 saturated heterocycles. The van der Waals surface area contributed by atoms with Gasteiger partial charge >= 0.3 is 6.03 Å². The minimum absolute atomic E-state index is 0. The first-order valence-corrected chi connectivity index (χ1v) is 7.51. The van der Waals surface area contributed by atoms with E-state index in [9.17, 15) is 4.79 Å². The highest BCUT2D eigenvalue weighted by molar-refractivity contribution is 5.92. The zero-order valence-electron chi connectivity index (χ0n) is 13.8. The first-order valence-electron chi connectivity index (χ1n) is 7.51. The molecule has 1 aliphatic heterocycles. The number of hydrogen-bond donors (Lipinski definition) is 2. The van der Waals surface area contributed by atoms with Gasteiger partial charge in [-0.25, -0.2) is 4.79 Å². The number of aromatic amines is 1. The Labute approximate surface area is 151 Å². The van der Waals surface area contributed by atoms with Gasteiger partial charge in [-0.15, -0.1) is 17.5 Å². The Balaban J connectivity index is 0.00000225. The normalized spacial score (nSPS) is 12.7. The summed E-state index contributed by atoms with van der Waals surface area (Å²) in [5, 5.41) is 15.2. The summed E-state index contributed by atoms with van der Waals surface area (Å²) in [6.07, 6.45) is 8.06. The largest absolute Gasteiger partial charge is 0.349 e. The molecule has 2 amide bonds. The van der Waals surface area contributed by atoms with Crippen LogP contribution in [0.25, 0.3) is 0 Å². The van der Waals surface area contributed by atoms with Gasteiger partial charge in [-0.2, -0.15) is 15.6 Å². The van der Waals surface area contributed by atoms with Crippen molar-refractivity contribution in [2.45, 2.75) is 26.3 Å². The number of amides is 2. The van der Waals surface area contributed by atoms with Gasteiger partial charge in [0, 0.05) is 17.5 Å². The molecule has 0 aromatic carbocycles. The fourth-order valence-electron chi connectivity index (χ4n) is 2.19. The van der Waals surface area contributed by atoms with Crippen molar-refractivity contribution in [1.29, 1.82) is 0 Å². The van der Waals surface area contributed by atoms with Crippen LogP contribution in [-0.2, 0) is 6.54 Å². The van der Waals surface area contributed by atoms with E-state index in [-0.39, 0.29) is 18.4 Å². The maximum Gasteiger partial charge on any atom is 0.349 e.